The molecular weight excluding hydrogens is 295 g/mol. The van der Waals surface area contributed by atoms with Crippen molar-refractivity contribution in [2.45, 2.75) is 6.18 Å². The number of aromatic carboxylic acids is 1. The summed E-state index contributed by atoms with van der Waals surface area (Å²) in [5, 5.41) is 8.79. The van der Waals surface area contributed by atoms with Crippen LogP contribution < -0.4 is 4.90 Å². The summed E-state index contributed by atoms with van der Waals surface area (Å²) in [5.41, 5.74) is -1.43. The molecule has 4 nitrogen and oxygen atoms in total. The summed E-state index contributed by atoms with van der Waals surface area (Å²) < 4.78 is 50.4. The second kappa shape index (κ2) is 5.43. The number of carboxylic acid groups (broad SMARTS) is 1. The first-order valence-corrected chi connectivity index (χ1v) is 7.32. The van der Waals surface area contributed by atoms with Gasteiger partial charge in [-0.15, -0.1) is 0 Å². The Kier molecular flexibility index (Phi) is 4.03. The van der Waals surface area contributed by atoms with Crippen LogP contribution in [0.4, 0.5) is 18.9 Å². The molecule has 20 heavy (non-hydrogen) atoms. The second-order valence-corrected chi connectivity index (χ2v) is 6.07. The maximum Gasteiger partial charge on any atom is 0.418 e. The third kappa shape index (κ3) is 3.12. The van der Waals surface area contributed by atoms with Crippen LogP contribution in [0.1, 0.15) is 15.9 Å². The van der Waals surface area contributed by atoms with E-state index in [9.17, 15) is 22.2 Å². The first kappa shape index (κ1) is 14.8. The molecule has 0 aromatic heterocycles. The molecule has 0 spiro atoms. The molecule has 1 aromatic carbocycles. The van der Waals surface area contributed by atoms with Crippen LogP contribution in [-0.2, 0) is 17.0 Å². The quantitative estimate of drug-likeness (QED) is 0.907. The zero-order chi connectivity index (χ0) is 14.9. The van der Waals surface area contributed by atoms with Crippen molar-refractivity contribution in [3.05, 3.63) is 29.3 Å². The monoisotopic (exact) mass is 307 g/mol. The minimum Gasteiger partial charge on any atom is -0.478 e. The number of benzene rings is 1. The number of halogens is 3. The van der Waals surface area contributed by atoms with Gasteiger partial charge in [0, 0.05) is 41.1 Å². The van der Waals surface area contributed by atoms with Crippen molar-refractivity contribution in [2.75, 3.05) is 29.5 Å². The minimum absolute atomic E-state index is 0.0563. The molecule has 1 heterocycles. The van der Waals surface area contributed by atoms with Crippen LogP contribution in [0.2, 0.25) is 0 Å². The molecule has 0 bridgehead atoms. The average Bonchev–Trinajstić information content (AvgIpc) is 2.38. The molecule has 1 aliphatic rings. The van der Waals surface area contributed by atoms with Crippen molar-refractivity contribution >= 4 is 22.5 Å². The van der Waals surface area contributed by atoms with Gasteiger partial charge >= 0.3 is 12.1 Å². The van der Waals surface area contributed by atoms with Crippen molar-refractivity contribution in [1.82, 2.24) is 0 Å². The topological polar surface area (TPSA) is 57.6 Å². The van der Waals surface area contributed by atoms with Crippen molar-refractivity contribution in [3.8, 4) is 0 Å². The highest BCUT2D eigenvalue weighted by Crippen LogP contribution is 2.37. The lowest BCUT2D eigenvalue weighted by Gasteiger charge is -2.30. The van der Waals surface area contributed by atoms with Crippen molar-refractivity contribution in [2.24, 2.45) is 0 Å². The van der Waals surface area contributed by atoms with Crippen LogP contribution in [0.15, 0.2) is 18.2 Å². The zero-order valence-corrected chi connectivity index (χ0v) is 11.1. The molecule has 1 aromatic rings. The Balaban J connectivity index is 2.41. The van der Waals surface area contributed by atoms with Crippen LogP contribution in [0.25, 0.3) is 0 Å². The highest BCUT2D eigenvalue weighted by Gasteiger charge is 2.36. The molecule has 110 valence electrons. The average molecular weight is 307 g/mol. The van der Waals surface area contributed by atoms with E-state index in [1.807, 2.05) is 0 Å². The molecule has 0 atom stereocenters. The fourth-order valence-electron chi connectivity index (χ4n) is 2.05. The number of anilines is 1. The molecule has 1 fully saturated rings. The Labute approximate surface area is 115 Å². The van der Waals surface area contributed by atoms with Gasteiger partial charge in [0.2, 0.25) is 0 Å². The summed E-state index contributed by atoms with van der Waals surface area (Å²) in [5.74, 6) is -0.766. The summed E-state index contributed by atoms with van der Waals surface area (Å²) >= 11 is 0. The van der Waals surface area contributed by atoms with Gasteiger partial charge in [0.15, 0.2) is 0 Å². The van der Waals surface area contributed by atoms with Gasteiger partial charge in [0.1, 0.15) is 0 Å². The normalized spacial score (nSPS) is 17.2. The molecule has 1 N–H and O–H groups in total. The number of carboxylic acids is 1. The Morgan fingerprint density at radius 1 is 1.25 bits per heavy atom. The number of hydrogen-bond acceptors (Lipinski definition) is 3. The maximum atomic E-state index is 13.0. The van der Waals surface area contributed by atoms with Gasteiger partial charge in [0.25, 0.3) is 0 Å². The zero-order valence-electron chi connectivity index (χ0n) is 10.3. The number of carbonyl (C=O) groups is 1. The van der Waals surface area contributed by atoms with E-state index in [1.54, 1.807) is 0 Å². The molecule has 0 unspecified atom stereocenters. The van der Waals surface area contributed by atoms with Crippen LogP contribution in [-0.4, -0.2) is 39.9 Å². The Bertz CT molecular complexity index is 549. The Morgan fingerprint density at radius 3 is 2.35 bits per heavy atom. The molecule has 0 saturated carbocycles. The Morgan fingerprint density at radius 2 is 1.85 bits per heavy atom. The largest absolute Gasteiger partial charge is 0.478 e. The van der Waals surface area contributed by atoms with Crippen molar-refractivity contribution in [3.63, 3.8) is 0 Å². The number of alkyl halides is 3. The van der Waals surface area contributed by atoms with E-state index < -0.39 is 34.1 Å². The summed E-state index contributed by atoms with van der Waals surface area (Å²) in [6, 6.07) is 2.96. The summed E-state index contributed by atoms with van der Waals surface area (Å²) in [6.45, 7) is 0.532. The lowest BCUT2D eigenvalue weighted by molar-refractivity contribution is -0.137. The van der Waals surface area contributed by atoms with E-state index in [-0.39, 0.29) is 18.8 Å². The van der Waals surface area contributed by atoms with Crippen LogP contribution in [0.3, 0.4) is 0 Å². The predicted molar refractivity (Wildman–Crippen MR) is 68.5 cm³/mol. The SMILES string of the molecule is O=C(O)c1ccc(N2CCS(=O)CC2)c(C(F)(F)F)c1. The van der Waals surface area contributed by atoms with Gasteiger partial charge < -0.3 is 10.0 Å². The summed E-state index contributed by atoms with van der Waals surface area (Å²) in [6.07, 6.45) is -4.63. The highest BCUT2D eigenvalue weighted by atomic mass is 32.2. The molecule has 1 aliphatic heterocycles. The van der Waals surface area contributed by atoms with Gasteiger partial charge in [0.05, 0.1) is 11.1 Å². The maximum absolute atomic E-state index is 13.0. The fourth-order valence-corrected chi connectivity index (χ4v) is 3.10. The molecule has 0 aliphatic carbocycles. The van der Waals surface area contributed by atoms with Gasteiger partial charge in [-0.05, 0) is 18.2 Å². The van der Waals surface area contributed by atoms with Crippen LogP contribution >= 0.6 is 0 Å². The molecule has 2 rings (SSSR count). The van der Waals surface area contributed by atoms with E-state index in [0.717, 1.165) is 6.07 Å². The van der Waals surface area contributed by atoms with Gasteiger partial charge in [-0.2, -0.15) is 13.2 Å². The lowest BCUT2D eigenvalue weighted by Crippen LogP contribution is -2.38. The number of rotatable bonds is 2. The van der Waals surface area contributed by atoms with Gasteiger partial charge in [-0.25, -0.2) is 4.79 Å². The van der Waals surface area contributed by atoms with Crippen LogP contribution in [0, 0.1) is 0 Å². The highest BCUT2D eigenvalue weighted by molar-refractivity contribution is 7.85. The lowest BCUT2D eigenvalue weighted by atomic mass is 10.1. The molecule has 0 radical (unpaired) electrons. The summed E-state index contributed by atoms with van der Waals surface area (Å²) in [4.78, 5) is 12.3. The van der Waals surface area contributed by atoms with Crippen molar-refractivity contribution in [1.29, 1.82) is 0 Å². The van der Waals surface area contributed by atoms with E-state index in [1.165, 1.54) is 11.0 Å². The smallest absolute Gasteiger partial charge is 0.418 e. The predicted octanol–water partition coefficient (Wildman–Crippen LogP) is 1.97. The molecule has 8 heteroatoms. The molecule has 1 saturated heterocycles. The summed E-state index contributed by atoms with van der Waals surface area (Å²) in [7, 11) is -0.991. The first-order valence-electron chi connectivity index (χ1n) is 5.83. The fraction of sp³-hybridized carbons (Fsp3) is 0.417. The van der Waals surface area contributed by atoms with Crippen molar-refractivity contribution < 1.29 is 27.3 Å². The van der Waals surface area contributed by atoms with Crippen LogP contribution in [0.5, 0.6) is 0 Å². The Hall–Kier alpha value is -1.57. The van der Waals surface area contributed by atoms with E-state index in [0.29, 0.717) is 17.6 Å². The van der Waals surface area contributed by atoms with Gasteiger partial charge in [-0.1, -0.05) is 0 Å². The van der Waals surface area contributed by atoms with Gasteiger partial charge in [-0.3, -0.25) is 4.21 Å². The molecular formula is C12H12F3NO3S. The third-order valence-corrected chi connectivity index (χ3v) is 4.34. The number of hydrogen-bond donors (Lipinski definition) is 1. The minimum atomic E-state index is -4.63. The second-order valence-electron chi connectivity index (χ2n) is 4.37. The first-order chi connectivity index (χ1) is 9.29. The third-order valence-electron chi connectivity index (χ3n) is 3.07. The van der Waals surface area contributed by atoms with E-state index >= 15 is 0 Å². The molecule has 0 amide bonds. The van der Waals surface area contributed by atoms with E-state index in [4.69, 9.17) is 5.11 Å². The standard InChI is InChI=1S/C12H12F3NO3S/c13-12(14,15)9-7-8(11(17)18)1-2-10(9)16-3-5-20(19)6-4-16/h1-2,7H,3-6H2,(H,17,18). The van der Waals surface area contributed by atoms with E-state index in [2.05, 4.69) is 0 Å². The number of nitrogens with zero attached hydrogens (tertiary/aromatic N) is 1.